The summed E-state index contributed by atoms with van der Waals surface area (Å²) < 4.78 is 7.02. The molecule has 0 aliphatic rings. The summed E-state index contributed by atoms with van der Waals surface area (Å²) in [6.07, 6.45) is 2.06. The summed E-state index contributed by atoms with van der Waals surface area (Å²) in [5.74, 6) is 0.888. The molecule has 1 N–H and O–H groups in total. The van der Waals surface area contributed by atoms with Crippen LogP contribution in [0.4, 0.5) is 0 Å². The Hall–Kier alpha value is -1.81. The Morgan fingerprint density at radius 1 is 1.32 bits per heavy atom. The Labute approximate surface area is 114 Å². The second-order valence-corrected chi connectivity index (χ2v) is 4.79. The molecule has 0 saturated heterocycles. The Morgan fingerprint density at radius 3 is 2.53 bits per heavy atom. The van der Waals surface area contributed by atoms with Crippen LogP contribution in [0.2, 0.25) is 0 Å². The fraction of sp³-hybridized carbons (Fsp3) is 0.400. The number of aromatic nitrogens is 2. The van der Waals surface area contributed by atoms with Crippen LogP contribution >= 0.6 is 0 Å². The van der Waals surface area contributed by atoms with Gasteiger partial charge in [-0.15, -0.1) is 0 Å². The van der Waals surface area contributed by atoms with Gasteiger partial charge in [-0.1, -0.05) is 12.1 Å². The van der Waals surface area contributed by atoms with Crippen LogP contribution in [-0.4, -0.2) is 16.9 Å². The van der Waals surface area contributed by atoms with Gasteiger partial charge in [0.05, 0.1) is 12.8 Å². The van der Waals surface area contributed by atoms with Crippen LogP contribution < -0.4 is 10.1 Å². The van der Waals surface area contributed by atoms with Crippen LogP contribution in [0.3, 0.4) is 0 Å². The van der Waals surface area contributed by atoms with E-state index in [1.54, 1.807) is 7.11 Å². The zero-order valence-corrected chi connectivity index (χ0v) is 12.0. The molecule has 2 rings (SSSR count). The third-order valence-corrected chi connectivity index (χ3v) is 3.33. The summed E-state index contributed by atoms with van der Waals surface area (Å²) in [7, 11) is 3.63. The van der Waals surface area contributed by atoms with Gasteiger partial charge in [0, 0.05) is 31.4 Å². The molecule has 2 aromatic rings. The molecule has 1 heterocycles. The number of nitrogens with one attached hydrogen (secondary N) is 1. The second kappa shape index (κ2) is 5.89. The summed E-state index contributed by atoms with van der Waals surface area (Å²) in [5.41, 5.74) is 3.57. The van der Waals surface area contributed by atoms with E-state index in [-0.39, 0.29) is 0 Å². The molecule has 102 valence electrons. The number of methoxy groups -OCH3 is 1. The maximum absolute atomic E-state index is 5.17. The Bertz CT molecular complexity index is 531. The normalized spacial score (nSPS) is 12.4. The standard InChI is InChI=1S/C15H21N3O/c1-11(13-5-7-15(19-4)8-6-13)16-9-14-10-18(3)17-12(14)2/h5-8,10-11,16H,9H2,1-4H3/t11-/m0/s1. The first-order chi connectivity index (χ1) is 9.10. The van der Waals surface area contributed by atoms with E-state index in [9.17, 15) is 0 Å². The van der Waals surface area contributed by atoms with Gasteiger partial charge in [0.2, 0.25) is 0 Å². The topological polar surface area (TPSA) is 39.1 Å². The number of hydrogen-bond donors (Lipinski definition) is 1. The van der Waals surface area contributed by atoms with Gasteiger partial charge in [0.1, 0.15) is 5.75 Å². The number of aryl methyl sites for hydroxylation is 2. The predicted molar refractivity (Wildman–Crippen MR) is 76.2 cm³/mol. The van der Waals surface area contributed by atoms with Gasteiger partial charge >= 0.3 is 0 Å². The van der Waals surface area contributed by atoms with Crippen LogP contribution in [-0.2, 0) is 13.6 Å². The maximum atomic E-state index is 5.17. The zero-order valence-electron chi connectivity index (χ0n) is 12.0. The first kappa shape index (κ1) is 13.6. The van der Waals surface area contributed by atoms with E-state index in [1.807, 2.05) is 30.8 Å². The van der Waals surface area contributed by atoms with Gasteiger partial charge in [0.15, 0.2) is 0 Å². The van der Waals surface area contributed by atoms with Crippen LogP contribution in [0, 0.1) is 6.92 Å². The van der Waals surface area contributed by atoms with Gasteiger partial charge in [-0.3, -0.25) is 4.68 Å². The Kier molecular flexibility index (Phi) is 4.22. The van der Waals surface area contributed by atoms with Crippen molar-refractivity contribution >= 4 is 0 Å². The van der Waals surface area contributed by atoms with E-state index in [4.69, 9.17) is 4.74 Å². The monoisotopic (exact) mass is 259 g/mol. The minimum atomic E-state index is 0.297. The van der Waals surface area contributed by atoms with Crippen molar-refractivity contribution in [2.75, 3.05) is 7.11 Å². The molecule has 19 heavy (non-hydrogen) atoms. The van der Waals surface area contributed by atoms with Crippen LogP contribution in [0.1, 0.15) is 29.8 Å². The van der Waals surface area contributed by atoms with Crippen molar-refractivity contribution in [3.8, 4) is 5.75 Å². The summed E-state index contributed by atoms with van der Waals surface area (Å²) in [6, 6.07) is 8.45. The minimum Gasteiger partial charge on any atom is -0.497 e. The largest absolute Gasteiger partial charge is 0.497 e. The van der Waals surface area contributed by atoms with E-state index in [2.05, 4.69) is 35.7 Å². The van der Waals surface area contributed by atoms with Crippen molar-refractivity contribution in [2.45, 2.75) is 26.4 Å². The summed E-state index contributed by atoms with van der Waals surface area (Å²) in [6.45, 7) is 5.02. The predicted octanol–water partition coefficient (Wildman–Crippen LogP) is 2.59. The van der Waals surface area contributed by atoms with E-state index >= 15 is 0 Å². The molecule has 0 unspecified atom stereocenters. The SMILES string of the molecule is COc1ccc([C@H](C)NCc2cn(C)nc2C)cc1. The molecule has 1 atom stereocenters. The molecule has 4 heteroatoms. The number of benzene rings is 1. The van der Waals surface area contributed by atoms with Crippen molar-refractivity contribution in [2.24, 2.45) is 7.05 Å². The number of hydrogen-bond acceptors (Lipinski definition) is 3. The average Bonchev–Trinajstić information content (AvgIpc) is 2.74. The lowest BCUT2D eigenvalue weighted by molar-refractivity contribution is 0.414. The van der Waals surface area contributed by atoms with Crippen molar-refractivity contribution in [1.29, 1.82) is 0 Å². The average molecular weight is 259 g/mol. The van der Waals surface area contributed by atoms with Crippen molar-refractivity contribution in [1.82, 2.24) is 15.1 Å². The lowest BCUT2D eigenvalue weighted by Gasteiger charge is -2.14. The van der Waals surface area contributed by atoms with Crippen LogP contribution in [0.25, 0.3) is 0 Å². The molecule has 0 fully saturated rings. The smallest absolute Gasteiger partial charge is 0.118 e. The number of nitrogens with zero attached hydrogens (tertiary/aromatic N) is 2. The molecule has 4 nitrogen and oxygen atoms in total. The highest BCUT2D eigenvalue weighted by Crippen LogP contribution is 2.18. The van der Waals surface area contributed by atoms with Crippen molar-refractivity contribution in [3.63, 3.8) is 0 Å². The number of rotatable bonds is 5. The molecule has 1 aromatic heterocycles. The molecule has 0 saturated carbocycles. The fourth-order valence-corrected chi connectivity index (χ4v) is 2.10. The van der Waals surface area contributed by atoms with Crippen molar-refractivity contribution in [3.05, 3.63) is 47.3 Å². The van der Waals surface area contributed by atoms with Gasteiger partial charge in [-0.05, 0) is 31.5 Å². The molecular formula is C15H21N3O. The molecule has 0 aliphatic carbocycles. The maximum Gasteiger partial charge on any atom is 0.118 e. The summed E-state index contributed by atoms with van der Waals surface area (Å²) >= 11 is 0. The quantitative estimate of drug-likeness (QED) is 0.897. The number of ether oxygens (including phenoxy) is 1. The van der Waals surface area contributed by atoms with Crippen LogP contribution in [0.5, 0.6) is 5.75 Å². The van der Waals surface area contributed by atoms with E-state index < -0.39 is 0 Å². The summed E-state index contributed by atoms with van der Waals surface area (Å²) in [5, 5.41) is 7.86. The Balaban J connectivity index is 1.96. The Morgan fingerprint density at radius 2 is 2.00 bits per heavy atom. The lowest BCUT2D eigenvalue weighted by atomic mass is 10.1. The molecular weight excluding hydrogens is 238 g/mol. The highest BCUT2D eigenvalue weighted by Gasteiger charge is 2.07. The lowest BCUT2D eigenvalue weighted by Crippen LogP contribution is -2.18. The van der Waals surface area contributed by atoms with Gasteiger partial charge in [0.25, 0.3) is 0 Å². The first-order valence-corrected chi connectivity index (χ1v) is 6.46. The van der Waals surface area contributed by atoms with Crippen LogP contribution in [0.15, 0.2) is 30.5 Å². The molecule has 0 aliphatic heterocycles. The van der Waals surface area contributed by atoms with E-state index in [0.29, 0.717) is 6.04 Å². The molecule has 0 amide bonds. The third kappa shape index (κ3) is 3.35. The minimum absolute atomic E-state index is 0.297. The van der Waals surface area contributed by atoms with Gasteiger partial charge < -0.3 is 10.1 Å². The molecule has 1 aromatic carbocycles. The molecule has 0 spiro atoms. The highest BCUT2D eigenvalue weighted by molar-refractivity contribution is 5.29. The summed E-state index contributed by atoms with van der Waals surface area (Å²) in [4.78, 5) is 0. The fourth-order valence-electron chi connectivity index (χ4n) is 2.10. The van der Waals surface area contributed by atoms with Gasteiger partial charge in [-0.2, -0.15) is 5.10 Å². The highest BCUT2D eigenvalue weighted by atomic mass is 16.5. The molecule has 0 radical (unpaired) electrons. The van der Waals surface area contributed by atoms with E-state index in [1.165, 1.54) is 11.1 Å². The zero-order chi connectivity index (χ0) is 13.8. The first-order valence-electron chi connectivity index (χ1n) is 6.46. The third-order valence-electron chi connectivity index (χ3n) is 3.33. The molecule has 0 bridgehead atoms. The second-order valence-electron chi connectivity index (χ2n) is 4.79. The van der Waals surface area contributed by atoms with Gasteiger partial charge in [-0.25, -0.2) is 0 Å². The van der Waals surface area contributed by atoms with Crippen molar-refractivity contribution < 1.29 is 4.74 Å². The van der Waals surface area contributed by atoms with E-state index in [0.717, 1.165) is 18.0 Å².